The highest BCUT2D eigenvalue weighted by molar-refractivity contribution is 5.84. The largest absolute Gasteiger partial charge is 0.393 e. The van der Waals surface area contributed by atoms with Crippen LogP contribution in [0.25, 0.3) is 5.57 Å². The lowest BCUT2D eigenvalue weighted by Crippen LogP contribution is -2.56. The van der Waals surface area contributed by atoms with E-state index in [1.54, 1.807) is 0 Å². The molecule has 1 aromatic heterocycles. The van der Waals surface area contributed by atoms with Gasteiger partial charge < -0.3 is 5.11 Å². The van der Waals surface area contributed by atoms with Gasteiger partial charge >= 0.3 is 0 Å². The Kier molecular flexibility index (Phi) is 3.92. The maximum Gasteiger partial charge on any atom is 0.136 e. The Morgan fingerprint density at radius 1 is 1.19 bits per heavy atom. The van der Waals surface area contributed by atoms with Gasteiger partial charge in [0.2, 0.25) is 0 Å². The fourth-order valence-corrected chi connectivity index (χ4v) is 7.56. The maximum atomic E-state index is 13.1. The van der Waals surface area contributed by atoms with Gasteiger partial charge in [-0.2, -0.15) is 0 Å². The van der Waals surface area contributed by atoms with Crippen molar-refractivity contribution in [3.63, 3.8) is 0 Å². The zero-order chi connectivity index (χ0) is 18.8. The molecule has 4 aliphatic rings. The van der Waals surface area contributed by atoms with Crippen molar-refractivity contribution in [2.75, 3.05) is 0 Å². The summed E-state index contributed by atoms with van der Waals surface area (Å²) in [6.45, 7) is 4.80. The third-order valence-corrected chi connectivity index (χ3v) is 8.98. The molecule has 0 radical (unpaired) electrons. The average molecular weight is 366 g/mol. The van der Waals surface area contributed by atoms with E-state index in [2.05, 4.69) is 31.0 Å². The fourth-order valence-electron chi connectivity index (χ4n) is 7.56. The van der Waals surface area contributed by atoms with Crippen LogP contribution < -0.4 is 0 Å². The Hall–Kier alpha value is -1.48. The van der Waals surface area contributed by atoms with Crippen molar-refractivity contribution >= 4 is 11.4 Å². The number of aromatic nitrogens is 1. The van der Waals surface area contributed by atoms with E-state index >= 15 is 0 Å². The van der Waals surface area contributed by atoms with Crippen molar-refractivity contribution in [2.24, 2.45) is 34.5 Å². The molecule has 4 aliphatic carbocycles. The minimum atomic E-state index is -0.275. The predicted molar refractivity (Wildman–Crippen MR) is 106 cm³/mol. The van der Waals surface area contributed by atoms with Crippen LogP contribution in [0.1, 0.15) is 64.4 Å². The number of ketones is 1. The van der Waals surface area contributed by atoms with Crippen molar-refractivity contribution in [1.82, 2.24) is 4.98 Å². The summed E-state index contributed by atoms with van der Waals surface area (Å²) in [7, 11) is 0. The van der Waals surface area contributed by atoms with Crippen LogP contribution in [0.5, 0.6) is 0 Å². The number of hydrogen-bond acceptors (Lipinski definition) is 3. The van der Waals surface area contributed by atoms with E-state index in [-0.39, 0.29) is 22.9 Å². The third kappa shape index (κ3) is 2.43. The van der Waals surface area contributed by atoms with Crippen LogP contribution in [0, 0.1) is 34.5 Å². The van der Waals surface area contributed by atoms with Gasteiger partial charge in [-0.05, 0) is 84.3 Å². The Morgan fingerprint density at radius 3 is 2.81 bits per heavy atom. The van der Waals surface area contributed by atoms with E-state index in [0.29, 0.717) is 30.0 Å². The highest BCUT2D eigenvalue weighted by atomic mass is 16.3. The van der Waals surface area contributed by atoms with E-state index in [1.165, 1.54) is 24.0 Å². The van der Waals surface area contributed by atoms with E-state index in [4.69, 9.17) is 0 Å². The molecule has 0 aromatic carbocycles. The molecular weight excluding hydrogens is 334 g/mol. The summed E-state index contributed by atoms with van der Waals surface area (Å²) >= 11 is 0. The van der Waals surface area contributed by atoms with E-state index < -0.39 is 0 Å². The number of carbonyl (C=O) groups excluding carboxylic acids is 1. The number of nitrogens with zero attached hydrogens (tertiary/aromatic N) is 1. The zero-order valence-corrected chi connectivity index (χ0v) is 16.5. The standard InChI is InChI=1S/C24H31NO2/c1-23-10-8-20-17(13-22(27)21-12-16(26)7-9-24(20,21)2)19(23)6-5-18(23)15-4-3-11-25-14-15/h3-5,11,14,16-17,19-21,26H,6-10,12-13H2,1-2H3/t16-,17-,19-,20-,21+,23+,24+/m0/s1. The minimum Gasteiger partial charge on any atom is -0.393 e. The number of Topliss-reactive ketones (excluding diaryl/α,β-unsaturated/α-hetero) is 1. The van der Waals surface area contributed by atoms with Gasteiger partial charge in [-0.15, -0.1) is 0 Å². The molecule has 5 rings (SSSR count). The summed E-state index contributed by atoms with van der Waals surface area (Å²) in [5.74, 6) is 2.21. The van der Waals surface area contributed by atoms with Gasteiger partial charge in [0.1, 0.15) is 5.78 Å². The van der Waals surface area contributed by atoms with E-state index in [1.807, 2.05) is 18.5 Å². The SMILES string of the molecule is C[C@]12CC[C@H](O)C[C@@H]1C(=O)C[C@@H]1[C@@H]2CC[C@]2(C)C(c3cccnc3)=CC[C@@H]12. The van der Waals surface area contributed by atoms with Gasteiger partial charge in [-0.25, -0.2) is 0 Å². The van der Waals surface area contributed by atoms with Gasteiger partial charge in [0.15, 0.2) is 0 Å². The Labute approximate surface area is 162 Å². The molecule has 0 bridgehead atoms. The Bertz CT molecular complexity index is 787. The van der Waals surface area contributed by atoms with Crippen molar-refractivity contribution in [3.8, 4) is 0 Å². The lowest BCUT2D eigenvalue weighted by molar-refractivity contribution is -0.156. The smallest absolute Gasteiger partial charge is 0.136 e. The second-order valence-electron chi connectivity index (χ2n) is 10.1. The average Bonchev–Trinajstić information content (AvgIpc) is 3.01. The summed E-state index contributed by atoms with van der Waals surface area (Å²) in [4.78, 5) is 17.5. The topological polar surface area (TPSA) is 50.2 Å². The predicted octanol–water partition coefficient (Wildman–Crippen LogP) is 4.66. The summed E-state index contributed by atoms with van der Waals surface area (Å²) in [5.41, 5.74) is 2.98. The van der Waals surface area contributed by atoms with Gasteiger partial charge in [0.25, 0.3) is 0 Å². The number of rotatable bonds is 1. The monoisotopic (exact) mass is 365 g/mol. The fraction of sp³-hybridized carbons (Fsp3) is 0.667. The van der Waals surface area contributed by atoms with Crippen LogP contribution in [0.4, 0.5) is 0 Å². The van der Waals surface area contributed by atoms with Crippen LogP contribution >= 0.6 is 0 Å². The first-order chi connectivity index (χ1) is 12.9. The first kappa shape index (κ1) is 17.6. The van der Waals surface area contributed by atoms with Crippen LogP contribution in [-0.2, 0) is 4.79 Å². The quantitative estimate of drug-likeness (QED) is 0.787. The lowest BCUT2D eigenvalue weighted by atomic mass is 9.44. The highest BCUT2D eigenvalue weighted by Gasteiger charge is 2.60. The molecule has 7 atom stereocenters. The van der Waals surface area contributed by atoms with E-state index in [0.717, 1.165) is 25.7 Å². The maximum absolute atomic E-state index is 13.1. The van der Waals surface area contributed by atoms with Crippen LogP contribution in [0.3, 0.4) is 0 Å². The number of aliphatic hydroxyl groups is 1. The van der Waals surface area contributed by atoms with Crippen molar-refractivity contribution < 1.29 is 9.90 Å². The summed E-state index contributed by atoms with van der Waals surface area (Å²) in [6, 6.07) is 4.21. The molecule has 1 heterocycles. The van der Waals surface area contributed by atoms with Crippen molar-refractivity contribution in [1.29, 1.82) is 0 Å². The number of fused-ring (bicyclic) bond motifs is 5. The number of hydrogen-bond donors (Lipinski definition) is 1. The number of allylic oxidation sites excluding steroid dienone is 2. The molecule has 27 heavy (non-hydrogen) atoms. The van der Waals surface area contributed by atoms with Crippen molar-refractivity contribution in [3.05, 3.63) is 36.2 Å². The van der Waals surface area contributed by atoms with Crippen LogP contribution in [0.15, 0.2) is 30.6 Å². The molecule has 3 saturated carbocycles. The first-order valence-electron chi connectivity index (χ1n) is 10.8. The molecule has 1 aromatic rings. The molecule has 3 nitrogen and oxygen atoms in total. The van der Waals surface area contributed by atoms with E-state index in [9.17, 15) is 9.90 Å². The zero-order valence-electron chi connectivity index (χ0n) is 16.5. The van der Waals surface area contributed by atoms with Gasteiger partial charge in [0.05, 0.1) is 6.10 Å². The molecule has 0 saturated heterocycles. The molecule has 3 fully saturated rings. The molecule has 144 valence electrons. The molecule has 3 heteroatoms. The Morgan fingerprint density at radius 2 is 2.04 bits per heavy atom. The molecular formula is C24H31NO2. The third-order valence-electron chi connectivity index (χ3n) is 8.98. The number of carbonyl (C=O) groups is 1. The summed E-state index contributed by atoms with van der Waals surface area (Å²) < 4.78 is 0. The molecule has 1 N–H and O–H groups in total. The van der Waals surface area contributed by atoms with Crippen LogP contribution in [0.2, 0.25) is 0 Å². The second kappa shape index (κ2) is 6.01. The number of pyridine rings is 1. The van der Waals surface area contributed by atoms with Crippen LogP contribution in [-0.4, -0.2) is 22.0 Å². The second-order valence-corrected chi connectivity index (χ2v) is 10.1. The summed E-state index contributed by atoms with van der Waals surface area (Å²) in [5, 5.41) is 10.2. The first-order valence-corrected chi connectivity index (χ1v) is 10.8. The van der Waals surface area contributed by atoms with Gasteiger partial charge in [0, 0.05) is 24.7 Å². The molecule has 0 aliphatic heterocycles. The van der Waals surface area contributed by atoms with Crippen molar-refractivity contribution in [2.45, 2.75) is 64.9 Å². The molecule has 0 spiro atoms. The normalized spacial score (nSPS) is 46.3. The highest BCUT2D eigenvalue weighted by Crippen LogP contribution is 2.66. The molecule has 0 unspecified atom stereocenters. The summed E-state index contributed by atoms with van der Waals surface area (Å²) in [6.07, 6.45) is 12.8. The van der Waals surface area contributed by atoms with Gasteiger partial charge in [-0.3, -0.25) is 9.78 Å². The lowest BCUT2D eigenvalue weighted by Gasteiger charge is -2.60. The minimum absolute atomic E-state index is 0.0824. The Balaban J connectivity index is 1.48. The molecule has 0 amide bonds. The van der Waals surface area contributed by atoms with Gasteiger partial charge in [-0.1, -0.05) is 26.0 Å². The number of aliphatic hydroxyl groups excluding tert-OH is 1.